The first kappa shape index (κ1) is 108. The lowest BCUT2D eigenvalue weighted by atomic mass is 9.82. The van der Waals surface area contributed by atoms with Gasteiger partial charge in [0, 0.05) is 126 Å². The molecule has 0 unspecified atom stereocenters. The highest BCUT2D eigenvalue weighted by molar-refractivity contribution is 6.21. The van der Waals surface area contributed by atoms with Gasteiger partial charge in [0.15, 0.2) is 5.78 Å². The molecule has 0 bridgehead atoms. The van der Waals surface area contributed by atoms with Crippen LogP contribution in [0.3, 0.4) is 0 Å². The van der Waals surface area contributed by atoms with Crippen LogP contribution in [0, 0.1) is 34.6 Å². The van der Waals surface area contributed by atoms with Crippen molar-refractivity contribution in [2.45, 2.75) is 113 Å². The van der Waals surface area contributed by atoms with Crippen molar-refractivity contribution < 1.29 is 64.4 Å². The van der Waals surface area contributed by atoms with Crippen LogP contribution in [0.5, 0.6) is 0 Å². The number of aromatic nitrogens is 2. The number of carbonyl (C=O) groups is 2. The van der Waals surface area contributed by atoms with E-state index in [9.17, 15) is 35.9 Å². The van der Waals surface area contributed by atoms with Gasteiger partial charge in [0.05, 0.1) is 77.2 Å². The molecule has 0 spiro atoms. The van der Waals surface area contributed by atoms with Crippen molar-refractivity contribution in [3.05, 3.63) is 467 Å². The molecule has 18 aromatic rings. The molecule has 2 aliphatic rings. The summed E-state index contributed by atoms with van der Waals surface area (Å²) in [7, 11) is 0. The van der Waals surface area contributed by atoms with E-state index in [-0.39, 0.29) is 22.7 Å². The van der Waals surface area contributed by atoms with E-state index in [0.29, 0.717) is 72.4 Å². The maximum Gasteiger partial charge on any atom is 0.416 e. The molecule has 2 aromatic heterocycles. The highest BCUT2D eigenvalue weighted by atomic mass is 19.4. The Morgan fingerprint density at radius 3 is 0.903 bits per heavy atom. The monoisotopic (exact) mass is 1950 g/mol. The quantitative estimate of drug-likeness (QED) is 0.0267. The number of rotatable bonds is 28. The first-order chi connectivity index (χ1) is 70.2. The number of anilines is 6. The molecule has 0 fully saturated rings. The SMILES string of the molecule is CC(C)c1ccc(C(F)(F)F)cc1.CC1(C)c2ccccc2-c2ccccc21.CCOCCOCCOCCn1c2ccc(C)cc2c2cc(C)ccc21.CCOCCOCCOCCn1c2ccccc2c2ccccc21.Cc1ccc(N(c2ccc(C)cc2)c2ccc(C)cc2)cc1.O=C1c2ccccc2-c2ccccc21.O=Cc1ccc(C(F)(F)F)cc1.c1ccc(N(c2ccccc2)c2ccccc2)cc1. The lowest BCUT2D eigenvalue weighted by molar-refractivity contribution is -0.138. The molecule has 18 heteroatoms. The number of aryl methyl sites for hydroxylation is 5. The lowest BCUT2D eigenvalue weighted by Gasteiger charge is -2.25. The highest BCUT2D eigenvalue weighted by Crippen LogP contribution is 2.49. The zero-order chi connectivity index (χ0) is 103. The first-order valence-corrected chi connectivity index (χ1v) is 49.3. The second kappa shape index (κ2) is 53.1. The van der Waals surface area contributed by atoms with Gasteiger partial charge in [0.25, 0.3) is 0 Å². The molecule has 2 heterocycles. The number of hydrogen-bond donors (Lipinski definition) is 0. The van der Waals surface area contributed by atoms with Crippen molar-refractivity contribution in [3.63, 3.8) is 0 Å². The maximum absolute atomic E-state index is 12.1. The molecule has 2 aliphatic carbocycles. The third-order valence-corrected chi connectivity index (χ3v) is 25.0. The van der Waals surface area contributed by atoms with Crippen molar-refractivity contribution in [1.29, 1.82) is 0 Å². The van der Waals surface area contributed by atoms with Gasteiger partial charge in [-0.1, -0.05) is 316 Å². The zero-order valence-corrected chi connectivity index (χ0v) is 84.4. The number of para-hydroxylation sites is 5. The van der Waals surface area contributed by atoms with Crippen LogP contribution >= 0.6 is 0 Å². The van der Waals surface area contributed by atoms with Gasteiger partial charge in [-0.2, -0.15) is 26.3 Å². The second-order valence-electron chi connectivity index (χ2n) is 36.1. The number of ether oxygens (including phenoxy) is 6. The van der Waals surface area contributed by atoms with E-state index >= 15 is 0 Å². The van der Waals surface area contributed by atoms with Crippen molar-refractivity contribution in [3.8, 4) is 22.3 Å². The molecule has 20 rings (SSSR count). The number of hydrogen-bond acceptors (Lipinski definition) is 10. The number of ketones is 1. The average molecular weight is 1950 g/mol. The van der Waals surface area contributed by atoms with E-state index in [1.165, 1.54) is 140 Å². The minimum atomic E-state index is -4.33. The Balaban J connectivity index is 0.000000141. The van der Waals surface area contributed by atoms with Crippen LogP contribution in [0.2, 0.25) is 0 Å². The Hall–Kier alpha value is -14.6. The van der Waals surface area contributed by atoms with E-state index in [4.69, 9.17) is 28.4 Å². The second-order valence-corrected chi connectivity index (χ2v) is 36.1. The number of aldehydes is 1. The molecular weight excluding hydrogens is 1820 g/mol. The first-order valence-electron chi connectivity index (χ1n) is 49.3. The molecular formula is C127H128F6N4O8. The predicted octanol–water partition coefficient (Wildman–Crippen LogP) is 32.8. The van der Waals surface area contributed by atoms with E-state index in [1.807, 2.05) is 94.4 Å². The van der Waals surface area contributed by atoms with Crippen LogP contribution in [0.1, 0.15) is 129 Å². The molecule has 0 atom stereocenters. The smallest absolute Gasteiger partial charge is 0.379 e. The van der Waals surface area contributed by atoms with Gasteiger partial charge >= 0.3 is 12.4 Å². The molecule has 0 aliphatic heterocycles. The third kappa shape index (κ3) is 29.4. The van der Waals surface area contributed by atoms with E-state index < -0.39 is 23.5 Å². The topological polar surface area (TPSA) is 106 Å². The van der Waals surface area contributed by atoms with Gasteiger partial charge in [0.1, 0.15) is 6.29 Å². The van der Waals surface area contributed by atoms with Crippen LogP contribution in [0.4, 0.5) is 60.5 Å². The van der Waals surface area contributed by atoms with Crippen molar-refractivity contribution in [1.82, 2.24) is 9.13 Å². The van der Waals surface area contributed by atoms with E-state index in [1.54, 1.807) is 0 Å². The van der Waals surface area contributed by atoms with Crippen LogP contribution < -0.4 is 9.80 Å². The average Bonchev–Trinajstić information content (AvgIpc) is 1.63. The number of alkyl halides is 6. The summed E-state index contributed by atoms with van der Waals surface area (Å²) in [5.41, 5.74) is 28.0. The van der Waals surface area contributed by atoms with E-state index in [0.717, 1.165) is 90.5 Å². The zero-order valence-electron chi connectivity index (χ0n) is 84.4. The Morgan fingerprint density at radius 2 is 0.572 bits per heavy atom. The standard InChI is InChI=1S/C22H29NO3.C21H21N.C20H25NO3.C18H15N.C15H14.C13H8O.C10H11F3.C8H5F3O/c1-4-24-11-12-26-14-13-25-10-9-23-21-7-5-17(2)15-19(21)20-16-18(3)6-8-22(20)23;1-16-4-10-19(11-5-16)22(20-12-6-17(2)7-13-20)21-14-8-18(3)9-15-21;1-2-22-13-14-24-16-15-23-12-11-21-19-9-5-3-7-17(19)18-8-4-6-10-20(18)21;1-4-10-16(11-5-1)19(17-12-6-2-7-13-17)18-14-8-3-9-15-18;1-15(2)13-9-5-3-7-11(13)12-8-4-6-10-14(12)15;14-13-11-7-3-1-5-9(11)10-6-2-4-8-12(10)13;1-7(2)8-3-5-9(6-4-8)10(11,12)13;9-8(10,11)7-3-1-6(5-12)2-4-7/h5-8,15-16H,4,9-14H2,1-3H3;4-15H,1-3H3;3-10H,2,11-16H2,1H3;1-15H;3-10H,1-2H3;1-8H;3-7H,1-2H3;1-5H. The Bertz CT molecular complexity index is 6680. The van der Waals surface area contributed by atoms with Crippen molar-refractivity contribution >= 4 is 89.8 Å². The molecule has 12 nitrogen and oxygen atoms in total. The number of halogens is 6. The van der Waals surface area contributed by atoms with Gasteiger partial charge in [-0.3, -0.25) is 9.59 Å². The number of nitrogens with zero attached hydrogens (tertiary/aromatic N) is 4. The summed E-state index contributed by atoms with van der Waals surface area (Å²) in [6, 6.07) is 130. The Morgan fingerprint density at radius 1 is 0.297 bits per heavy atom. The summed E-state index contributed by atoms with van der Waals surface area (Å²) in [5.74, 6) is 0.415. The molecule has 0 radical (unpaired) electrons. The molecule has 0 saturated carbocycles. The minimum absolute atomic E-state index is 0.149. The number of carbonyl (C=O) groups excluding carboxylic acids is 2. The fraction of sp³-hybridized carbons (Fsp3) is 0.228. The number of fused-ring (bicyclic) bond motifs is 12. The maximum atomic E-state index is 12.1. The van der Waals surface area contributed by atoms with Crippen LogP contribution in [0.25, 0.3) is 65.9 Å². The summed E-state index contributed by atoms with van der Waals surface area (Å²) in [4.78, 5) is 26.5. The molecule has 0 saturated heterocycles. The van der Waals surface area contributed by atoms with Crippen LogP contribution in [0.15, 0.2) is 394 Å². The van der Waals surface area contributed by atoms with Crippen LogP contribution in [-0.4, -0.2) is 100 Å². The van der Waals surface area contributed by atoms with Crippen molar-refractivity contribution in [2.75, 3.05) is 89.1 Å². The Kier molecular flexibility index (Phi) is 39.4. The third-order valence-electron chi connectivity index (χ3n) is 25.0. The fourth-order valence-corrected chi connectivity index (χ4v) is 17.5. The fourth-order valence-electron chi connectivity index (χ4n) is 17.5. The number of benzene rings is 16. The molecule has 746 valence electrons. The summed E-state index contributed by atoms with van der Waals surface area (Å²) in [6.07, 6.45) is -8.06. The van der Waals surface area contributed by atoms with Gasteiger partial charge < -0.3 is 47.4 Å². The predicted molar refractivity (Wildman–Crippen MR) is 583 cm³/mol. The van der Waals surface area contributed by atoms with Crippen molar-refractivity contribution in [2.24, 2.45) is 0 Å². The van der Waals surface area contributed by atoms with Crippen LogP contribution in [-0.2, 0) is 59.3 Å². The van der Waals surface area contributed by atoms with Gasteiger partial charge in [-0.05, 0) is 227 Å². The van der Waals surface area contributed by atoms with Gasteiger partial charge in [0.2, 0.25) is 0 Å². The molecule has 0 amide bonds. The summed E-state index contributed by atoms with van der Waals surface area (Å²) in [5, 5.41) is 5.24. The largest absolute Gasteiger partial charge is 0.416 e. The Labute approximate surface area is 849 Å². The molecule has 16 aromatic carbocycles. The van der Waals surface area contributed by atoms with Gasteiger partial charge in [-0.25, -0.2) is 0 Å². The highest BCUT2D eigenvalue weighted by Gasteiger charge is 2.35. The summed E-state index contributed by atoms with van der Waals surface area (Å²) >= 11 is 0. The van der Waals surface area contributed by atoms with Gasteiger partial charge in [-0.15, -0.1) is 0 Å². The van der Waals surface area contributed by atoms with E-state index in [2.05, 4.69) is 346 Å². The summed E-state index contributed by atoms with van der Waals surface area (Å²) in [6.45, 7) is 32.6. The molecule has 145 heavy (non-hydrogen) atoms. The molecule has 0 N–H and O–H groups in total. The minimum Gasteiger partial charge on any atom is -0.379 e. The summed E-state index contributed by atoms with van der Waals surface area (Å²) < 4.78 is 110. The normalized spacial score (nSPS) is 11.8. The lowest BCUT2D eigenvalue weighted by Crippen LogP contribution is -2.14.